The summed E-state index contributed by atoms with van der Waals surface area (Å²) in [5, 5.41) is 2.70. The zero-order valence-corrected chi connectivity index (χ0v) is 12.6. The number of para-hydroxylation sites is 1. The van der Waals surface area contributed by atoms with Crippen LogP contribution < -0.4 is 10.1 Å². The zero-order valence-electron chi connectivity index (χ0n) is 12.6. The van der Waals surface area contributed by atoms with E-state index in [1.165, 1.54) is 0 Å². The van der Waals surface area contributed by atoms with Gasteiger partial charge in [-0.2, -0.15) is 0 Å². The van der Waals surface area contributed by atoms with Gasteiger partial charge in [0, 0.05) is 31.6 Å². The fourth-order valence-corrected chi connectivity index (χ4v) is 3.64. The lowest BCUT2D eigenvalue weighted by Gasteiger charge is -2.42. The van der Waals surface area contributed by atoms with Crippen LogP contribution in [0.4, 0.5) is 8.78 Å². The van der Waals surface area contributed by atoms with E-state index in [1.54, 1.807) is 12.0 Å². The van der Waals surface area contributed by atoms with E-state index in [9.17, 15) is 13.6 Å². The third kappa shape index (κ3) is 2.79. The van der Waals surface area contributed by atoms with Crippen molar-refractivity contribution in [1.29, 1.82) is 0 Å². The second-order valence-corrected chi connectivity index (χ2v) is 6.28. The zero-order chi connectivity index (χ0) is 15.8. The Balaban J connectivity index is 1.83. The molecule has 1 spiro atoms. The summed E-state index contributed by atoms with van der Waals surface area (Å²) < 4.78 is 33.6. The standard InChI is InChI=1S/C16H20F2N2O2/c1-22-13-5-3-2-4-12(13)8-20-10-15(6-7-19-14(15)21)9-16(17,18)11-20/h2-5H,6-11H2,1H3,(H,19,21)/t15-/m0/s1. The fraction of sp³-hybridized carbons (Fsp3) is 0.562. The van der Waals surface area contributed by atoms with Crippen LogP contribution in [-0.2, 0) is 11.3 Å². The monoisotopic (exact) mass is 310 g/mol. The summed E-state index contributed by atoms with van der Waals surface area (Å²) in [7, 11) is 1.57. The van der Waals surface area contributed by atoms with Crippen LogP contribution in [-0.4, -0.2) is 43.5 Å². The number of halogens is 2. The molecule has 1 aromatic carbocycles. The molecule has 0 radical (unpaired) electrons. The van der Waals surface area contributed by atoms with Crippen molar-refractivity contribution in [2.75, 3.05) is 26.7 Å². The second kappa shape index (κ2) is 5.50. The summed E-state index contributed by atoms with van der Waals surface area (Å²) >= 11 is 0. The van der Waals surface area contributed by atoms with Gasteiger partial charge >= 0.3 is 0 Å². The molecule has 2 saturated heterocycles. The van der Waals surface area contributed by atoms with Gasteiger partial charge in [0.05, 0.1) is 19.1 Å². The molecule has 22 heavy (non-hydrogen) atoms. The van der Waals surface area contributed by atoms with Gasteiger partial charge in [-0.1, -0.05) is 18.2 Å². The molecule has 1 N–H and O–H groups in total. The maximum absolute atomic E-state index is 14.2. The third-order valence-corrected chi connectivity index (χ3v) is 4.54. The average Bonchev–Trinajstić information content (AvgIpc) is 2.77. The molecule has 2 heterocycles. The molecule has 1 atom stereocenters. The first-order valence-electron chi connectivity index (χ1n) is 7.45. The number of benzene rings is 1. The Morgan fingerprint density at radius 2 is 2.09 bits per heavy atom. The minimum absolute atomic E-state index is 0.239. The molecule has 2 aliphatic rings. The highest BCUT2D eigenvalue weighted by atomic mass is 19.3. The molecule has 2 aliphatic heterocycles. The average molecular weight is 310 g/mol. The Labute approximate surface area is 128 Å². The van der Waals surface area contributed by atoms with Gasteiger partial charge in [-0.3, -0.25) is 9.69 Å². The fourth-order valence-electron chi connectivity index (χ4n) is 3.64. The molecule has 6 heteroatoms. The summed E-state index contributed by atoms with van der Waals surface area (Å²) in [5.41, 5.74) is -0.0970. The topological polar surface area (TPSA) is 41.6 Å². The van der Waals surface area contributed by atoms with Crippen LogP contribution in [0.3, 0.4) is 0 Å². The van der Waals surface area contributed by atoms with E-state index in [0.717, 1.165) is 5.56 Å². The molecule has 0 aliphatic carbocycles. The van der Waals surface area contributed by atoms with Crippen molar-refractivity contribution in [3.05, 3.63) is 29.8 Å². The number of hydrogen-bond acceptors (Lipinski definition) is 3. The predicted molar refractivity (Wildman–Crippen MR) is 77.9 cm³/mol. The summed E-state index contributed by atoms with van der Waals surface area (Å²) in [4.78, 5) is 13.7. The van der Waals surface area contributed by atoms with Crippen molar-refractivity contribution in [1.82, 2.24) is 10.2 Å². The van der Waals surface area contributed by atoms with Gasteiger partial charge in [0.15, 0.2) is 0 Å². The van der Waals surface area contributed by atoms with Gasteiger partial charge in [0.1, 0.15) is 5.75 Å². The predicted octanol–water partition coefficient (Wildman–Crippen LogP) is 2.04. The Morgan fingerprint density at radius 3 is 2.77 bits per heavy atom. The number of ether oxygens (including phenoxy) is 1. The number of rotatable bonds is 3. The Hall–Kier alpha value is -1.69. The van der Waals surface area contributed by atoms with Crippen molar-refractivity contribution in [2.24, 2.45) is 5.41 Å². The molecular formula is C16H20F2N2O2. The molecule has 120 valence electrons. The van der Waals surface area contributed by atoms with E-state index in [0.29, 0.717) is 31.8 Å². The highest BCUT2D eigenvalue weighted by Gasteiger charge is 2.54. The van der Waals surface area contributed by atoms with Crippen LogP contribution in [0.25, 0.3) is 0 Å². The largest absolute Gasteiger partial charge is 0.496 e. The molecule has 0 bridgehead atoms. The SMILES string of the molecule is COc1ccccc1CN1CC(F)(F)C[C@@]2(CCNC2=O)C1. The summed E-state index contributed by atoms with van der Waals surface area (Å²) in [6.07, 6.45) is 0.123. The van der Waals surface area contributed by atoms with Crippen LogP contribution in [0, 0.1) is 5.41 Å². The third-order valence-electron chi connectivity index (χ3n) is 4.54. The molecule has 2 fully saturated rings. The molecule has 0 aromatic heterocycles. The van der Waals surface area contributed by atoms with E-state index < -0.39 is 11.3 Å². The van der Waals surface area contributed by atoms with Crippen molar-refractivity contribution in [3.8, 4) is 5.75 Å². The van der Waals surface area contributed by atoms with Gasteiger partial charge in [0.25, 0.3) is 5.92 Å². The van der Waals surface area contributed by atoms with Crippen molar-refractivity contribution in [2.45, 2.75) is 25.3 Å². The normalized spacial score (nSPS) is 27.9. The van der Waals surface area contributed by atoms with Crippen LogP contribution in [0.2, 0.25) is 0 Å². The number of nitrogens with one attached hydrogen (secondary N) is 1. The molecule has 1 amide bonds. The van der Waals surface area contributed by atoms with Crippen molar-refractivity contribution < 1.29 is 18.3 Å². The molecule has 4 nitrogen and oxygen atoms in total. The first kappa shape index (κ1) is 15.2. The number of likely N-dealkylation sites (tertiary alicyclic amines) is 1. The lowest BCUT2D eigenvalue weighted by molar-refractivity contribution is -0.149. The van der Waals surface area contributed by atoms with E-state index >= 15 is 0 Å². The highest BCUT2D eigenvalue weighted by molar-refractivity contribution is 5.85. The Morgan fingerprint density at radius 1 is 1.32 bits per heavy atom. The maximum Gasteiger partial charge on any atom is 0.261 e. The van der Waals surface area contributed by atoms with Crippen LogP contribution in [0.1, 0.15) is 18.4 Å². The highest BCUT2D eigenvalue weighted by Crippen LogP contribution is 2.43. The quantitative estimate of drug-likeness (QED) is 0.929. The lowest BCUT2D eigenvalue weighted by atomic mass is 9.77. The molecule has 0 saturated carbocycles. The molecule has 0 unspecified atom stereocenters. The molecule has 3 rings (SSSR count). The van der Waals surface area contributed by atoms with Crippen LogP contribution in [0.5, 0.6) is 5.75 Å². The van der Waals surface area contributed by atoms with Crippen LogP contribution in [0.15, 0.2) is 24.3 Å². The number of piperidine rings is 1. The number of alkyl halides is 2. The maximum atomic E-state index is 14.2. The lowest BCUT2D eigenvalue weighted by Crippen LogP contribution is -2.54. The Bertz CT molecular complexity index is 579. The number of carbonyl (C=O) groups excluding carboxylic acids is 1. The van der Waals surface area contributed by atoms with E-state index in [2.05, 4.69) is 5.32 Å². The van der Waals surface area contributed by atoms with E-state index in [4.69, 9.17) is 4.74 Å². The smallest absolute Gasteiger partial charge is 0.261 e. The number of methoxy groups -OCH3 is 1. The summed E-state index contributed by atoms with van der Waals surface area (Å²) in [6.45, 7) is 0.887. The Kier molecular flexibility index (Phi) is 3.80. The molecule has 1 aromatic rings. The number of hydrogen-bond donors (Lipinski definition) is 1. The number of amides is 1. The van der Waals surface area contributed by atoms with Gasteiger partial charge in [-0.05, 0) is 12.5 Å². The van der Waals surface area contributed by atoms with Gasteiger partial charge in [0.2, 0.25) is 5.91 Å². The van der Waals surface area contributed by atoms with Gasteiger partial charge in [-0.15, -0.1) is 0 Å². The van der Waals surface area contributed by atoms with Gasteiger partial charge < -0.3 is 10.1 Å². The first-order valence-corrected chi connectivity index (χ1v) is 7.45. The molecular weight excluding hydrogens is 290 g/mol. The summed E-state index contributed by atoms with van der Waals surface area (Å²) in [5.74, 6) is -2.40. The van der Waals surface area contributed by atoms with E-state index in [1.807, 2.05) is 24.3 Å². The number of carbonyl (C=O) groups is 1. The van der Waals surface area contributed by atoms with Gasteiger partial charge in [-0.25, -0.2) is 8.78 Å². The number of nitrogens with zero attached hydrogens (tertiary/aromatic N) is 1. The second-order valence-electron chi connectivity index (χ2n) is 6.28. The first-order chi connectivity index (χ1) is 10.4. The van der Waals surface area contributed by atoms with Crippen molar-refractivity contribution >= 4 is 5.91 Å². The van der Waals surface area contributed by atoms with Crippen molar-refractivity contribution in [3.63, 3.8) is 0 Å². The summed E-state index contributed by atoms with van der Waals surface area (Å²) in [6, 6.07) is 7.39. The van der Waals surface area contributed by atoms with Crippen LogP contribution >= 0.6 is 0 Å². The minimum atomic E-state index is -2.85. The minimum Gasteiger partial charge on any atom is -0.496 e. The van der Waals surface area contributed by atoms with E-state index in [-0.39, 0.29) is 18.9 Å².